The Morgan fingerprint density at radius 3 is 2.83 bits per heavy atom. The summed E-state index contributed by atoms with van der Waals surface area (Å²) in [6.07, 6.45) is 0. The van der Waals surface area contributed by atoms with Gasteiger partial charge in [-0.2, -0.15) is 0 Å². The van der Waals surface area contributed by atoms with Crippen LogP contribution in [0.2, 0.25) is 5.02 Å². The maximum atomic E-state index is 12.8. The number of hydrogen-bond acceptors (Lipinski definition) is 2. The van der Waals surface area contributed by atoms with Crippen LogP contribution in [0.4, 0.5) is 4.39 Å². The molecule has 1 rings (SSSR count). The van der Waals surface area contributed by atoms with Crippen molar-refractivity contribution in [1.29, 1.82) is 0 Å². The predicted octanol–water partition coefficient (Wildman–Crippen LogP) is 2.18. The standard InChI is InChI=1S/C8H9ClFNO/c1-5-6(4-12-11)2-7(10)3-8(5)9/h2-3H,4,11H2,1H3. The van der Waals surface area contributed by atoms with Gasteiger partial charge in [-0.3, -0.25) is 4.84 Å². The molecule has 4 heteroatoms. The third kappa shape index (κ3) is 1.94. The molecule has 0 unspecified atom stereocenters. The Hall–Kier alpha value is -0.640. The van der Waals surface area contributed by atoms with E-state index in [1.165, 1.54) is 12.1 Å². The minimum atomic E-state index is -0.377. The lowest BCUT2D eigenvalue weighted by atomic mass is 10.1. The fourth-order valence-corrected chi connectivity index (χ4v) is 1.16. The molecule has 0 aliphatic carbocycles. The molecule has 0 amide bonds. The van der Waals surface area contributed by atoms with E-state index in [1.807, 2.05) is 0 Å². The molecule has 12 heavy (non-hydrogen) atoms. The van der Waals surface area contributed by atoms with Crippen LogP contribution in [-0.2, 0) is 11.4 Å². The minimum absolute atomic E-state index is 0.170. The molecule has 0 saturated heterocycles. The average Bonchev–Trinajstić information content (AvgIpc) is 2.00. The molecule has 0 aliphatic rings. The van der Waals surface area contributed by atoms with E-state index in [9.17, 15) is 4.39 Å². The highest BCUT2D eigenvalue weighted by atomic mass is 35.5. The summed E-state index contributed by atoms with van der Waals surface area (Å²) in [7, 11) is 0. The van der Waals surface area contributed by atoms with Crippen LogP contribution in [0.3, 0.4) is 0 Å². The van der Waals surface area contributed by atoms with Crippen LogP contribution in [0.5, 0.6) is 0 Å². The van der Waals surface area contributed by atoms with Gasteiger partial charge in [0.1, 0.15) is 5.82 Å². The first-order chi connectivity index (χ1) is 5.65. The van der Waals surface area contributed by atoms with Crippen LogP contribution in [-0.4, -0.2) is 0 Å². The summed E-state index contributed by atoms with van der Waals surface area (Å²) < 4.78 is 12.8. The van der Waals surface area contributed by atoms with Crippen molar-refractivity contribution in [1.82, 2.24) is 0 Å². The van der Waals surface area contributed by atoms with Crippen molar-refractivity contribution in [2.45, 2.75) is 13.5 Å². The Bertz CT molecular complexity index is 291. The van der Waals surface area contributed by atoms with E-state index in [2.05, 4.69) is 4.84 Å². The first-order valence-electron chi connectivity index (χ1n) is 3.41. The molecule has 0 aromatic heterocycles. The molecule has 0 radical (unpaired) electrons. The van der Waals surface area contributed by atoms with Gasteiger partial charge < -0.3 is 0 Å². The van der Waals surface area contributed by atoms with Crippen LogP contribution in [0.25, 0.3) is 0 Å². The predicted molar refractivity (Wildman–Crippen MR) is 45.1 cm³/mol. The molecule has 0 atom stereocenters. The fraction of sp³-hybridized carbons (Fsp3) is 0.250. The SMILES string of the molecule is Cc1c(Cl)cc(F)cc1CON. The van der Waals surface area contributed by atoms with Crippen LogP contribution in [0.15, 0.2) is 12.1 Å². The third-order valence-corrected chi connectivity index (χ3v) is 2.05. The van der Waals surface area contributed by atoms with Crippen LogP contribution < -0.4 is 5.90 Å². The molecule has 0 fully saturated rings. The van der Waals surface area contributed by atoms with Gasteiger partial charge in [0, 0.05) is 5.02 Å². The van der Waals surface area contributed by atoms with Crippen molar-refractivity contribution in [3.8, 4) is 0 Å². The first-order valence-corrected chi connectivity index (χ1v) is 3.79. The van der Waals surface area contributed by atoms with E-state index in [0.29, 0.717) is 10.6 Å². The second-order valence-corrected chi connectivity index (χ2v) is 2.89. The highest BCUT2D eigenvalue weighted by Gasteiger charge is 2.04. The number of benzene rings is 1. The Balaban J connectivity index is 3.09. The molecule has 0 spiro atoms. The number of rotatable bonds is 2. The molecule has 1 aromatic rings. The summed E-state index contributed by atoms with van der Waals surface area (Å²) in [5.74, 6) is 4.49. The van der Waals surface area contributed by atoms with Crippen molar-refractivity contribution in [2.75, 3.05) is 0 Å². The van der Waals surface area contributed by atoms with Crippen molar-refractivity contribution >= 4 is 11.6 Å². The van der Waals surface area contributed by atoms with Crippen molar-refractivity contribution in [3.63, 3.8) is 0 Å². The Kier molecular flexibility index (Phi) is 3.03. The van der Waals surface area contributed by atoms with E-state index in [0.717, 1.165) is 5.56 Å². The lowest BCUT2D eigenvalue weighted by molar-refractivity contribution is 0.123. The molecule has 0 heterocycles. The van der Waals surface area contributed by atoms with Crippen LogP contribution in [0, 0.1) is 12.7 Å². The first kappa shape index (κ1) is 9.45. The normalized spacial score (nSPS) is 10.3. The Labute approximate surface area is 75.0 Å². The minimum Gasteiger partial charge on any atom is -0.300 e. The van der Waals surface area contributed by atoms with Crippen LogP contribution in [0.1, 0.15) is 11.1 Å². The zero-order valence-corrected chi connectivity index (χ0v) is 7.36. The largest absolute Gasteiger partial charge is 0.300 e. The second-order valence-electron chi connectivity index (χ2n) is 2.48. The van der Waals surface area contributed by atoms with E-state index in [1.54, 1.807) is 6.92 Å². The highest BCUT2D eigenvalue weighted by molar-refractivity contribution is 6.31. The van der Waals surface area contributed by atoms with Gasteiger partial charge in [0.2, 0.25) is 0 Å². The molecule has 0 saturated carbocycles. The van der Waals surface area contributed by atoms with E-state index in [-0.39, 0.29) is 12.4 Å². The second kappa shape index (κ2) is 3.85. The van der Waals surface area contributed by atoms with Gasteiger partial charge >= 0.3 is 0 Å². The third-order valence-electron chi connectivity index (χ3n) is 1.66. The summed E-state index contributed by atoms with van der Waals surface area (Å²) in [4.78, 5) is 4.39. The van der Waals surface area contributed by atoms with E-state index in [4.69, 9.17) is 17.5 Å². The number of halogens is 2. The lowest BCUT2D eigenvalue weighted by Crippen LogP contribution is -2.01. The summed E-state index contributed by atoms with van der Waals surface area (Å²) in [6, 6.07) is 2.62. The maximum Gasteiger partial charge on any atom is 0.125 e. The van der Waals surface area contributed by atoms with Crippen molar-refractivity contribution in [3.05, 3.63) is 34.1 Å². The quantitative estimate of drug-likeness (QED) is 0.724. The molecule has 0 bridgehead atoms. The van der Waals surface area contributed by atoms with Gasteiger partial charge in [0.25, 0.3) is 0 Å². The lowest BCUT2D eigenvalue weighted by Gasteiger charge is -2.05. The fourth-order valence-electron chi connectivity index (χ4n) is 0.939. The number of nitrogens with two attached hydrogens (primary N) is 1. The summed E-state index contributed by atoms with van der Waals surface area (Å²) in [5, 5.41) is 0.391. The number of hydrogen-bond donors (Lipinski definition) is 1. The van der Waals surface area contributed by atoms with Crippen molar-refractivity contribution < 1.29 is 9.23 Å². The molecular formula is C8H9ClFNO. The molecule has 2 N–H and O–H groups in total. The summed E-state index contributed by atoms with van der Waals surface area (Å²) >= 11 is 5.72. The molecule has 0 aliphatic heterocycles. The average molecular weight is 190 g/mol. The van der Waals surface area contributed by atoms with Gasteiger partial charge in [-0.05, 0) is 30.2 Å². The van der Waals surface area contributed by atoms with E-state index < -0.39 is 0 Å². The monoisotopic (exact) mass is 189 g/mol. The Morgan fingerprint density at radius 1 is 1.58 bits per heavy atom. The molecule has 66 valence electrons. The molecular weight excluding hydrogens is 181 g/mol. The summed E-state index contributed by atoms with van der Waals surface area (Å²) in [5.41, 5.74) is 1.46. The summed E-state index contributed by atoms with van der Waals surface area (Å²) in [6.45, 7) is 1.96. The maximum absolute atomic E-state index is 12.8. The zero-order chi connectivity index (χ0) is 9.14. The van der Waals surface area contributed by atoms with Gasteiger partial charge in [0.05, 0.1) is 6.61 Å². The Morgan fingerprint density at radius 2 is 2.25 bits per heavy atom. The zero-order valence-electron chi connectivity index (χ0n) is 6.60. The van der Waals surface area contributed by atoms with Gasteiger partial charge in [0.15, 0.2) is 0 Å². The van der Waals surface area contributed by atoms with Crippen LogP contribution >= 0.6 is 11.6 Å². The topological polar surface area (TPSA) is 35.2 Å². The van der Waals surface area contributed by atoms with Gasteiger partial charge in [-0.25, -0.2) is 10.3 Å². The molecule has 2 nitrogen and oxygen atoms in total. The van der Waals surface area contributed by atoms with Crippen molar-refractivity contribution in [2.24, 2.45) is 5.90 Å². The smallest absolute Gasteiger partial charge is 0.125 e. The van der Waals surface area contributed by atoms with Gasteiger partial charge in [-0.1, -0.05) is 11.6 Å². The molecule has 1 aromatic carbocycles. The highest BCUT2D eigenvalue weighted by Crippen LogP contribution is 2.21. The van der Waals surface area contributed by atoms with E-state index >= 15 is 0 Å². The van der Waals surface area contributed by atoms with Gasteiger partial charge in [-0.15, -0.1) is 0 Å².